The summed E-state index contributed by atoms with van der Waals surface area (Å²) in [7, 11) is 0. The van der Waals surface area contributed by atoms with Gasteiger partial charge in [-0.15, -0.1) is 0 Å². The van der Waals surface area contributed by atoms with Crippen LogP contribution in [0.5, 0.6) is 0 Å². The molecule has 4 aliphatic rings. The Morgan fingerprint density at radius 2 is 1.50 bits per heavy atom. The minimum Gasteiger partial charge on any atom is -0.390 e. The van der Waals surface area contributed by atoms with Gasteiger partial charge in [-0.25, -0.2) is 0 Å². The van der Waals surface area contributed by atoms with Gasteiger partial charge in [-0.2, -0.15) is 0 Å². The van der Waals surface area contributed by atoms with Gasteiger partial charge in [-0.05, 0) is 61.7 Å². The van der Waals surface area contributed by atoms with Crippen molar-refractivity contribution in [2.45, 2.75) is 71.8 Å². The van der Waals surface area contributed by atoms with E-state index in [1.54, 1.807) is 0 Å². The highest BCUT2D eigenvalue weighted by Gasteiger charge is 2.57. The lowest BCUT2D eigenvalue weighted by atomic mass is 9.45. The average Bonchev–Trinajstić information content (AvgIpc) is 2.16. The second-order valence-corrected chi connectivity index (χ2v) is 6.70. The summed E-state index contributed by atoms with van der Waals surface area (Å²) < 4.78 is 0. The number of hydrogen-bond acceptors (Lipinski definition) is 1. The first kappa shape index (κ1) is 12.4. The molecule has 1 heteroatoms. The lowest BCUT2D eigenvalue weighted by Gasteiger charge is -2.62. The van der Waals surface area contributed by atoms with Gasteiger partial charge in [-0.3, -0.25) is 0 Å². The standard InChI is InChI=1S/C13H22O.C2H6/c1-9(2)12-4-10-3-11(5-12)7-13(14,6-10)8-12;1-2/h9-11,14H,3-8H2,1-2H3;1-2H3. The van der Waals surface area contributed by atoms with Crippen LogP contribution >= 0.6 is 0 Å². The summed E-state index contributed by atoms with van der Waals surface area (Å²) in [5.74, 6) is 2.47. The molecule has 0 aliphatic heterocycles. The van der Waals surface area contributed by atoms with Crippen LogP contribution in [-0.4, -0.2) is 10.7 Å². The van der Waals surface area contributed by atoms with Crippen LogP contribution < -0.4 is 0 Å². The Balaban J connectivity index is 0.000000457. The Labute approximate surface area is 101 Å². The van der Waals surface area contributed by atoms with Gasteiger partial charge in [0.15, 0.2) is 0 Å². The number of rotatable bonds is 1. The van der Waals surface area contributed by atoms with Crippen molar-refractivity contribution in [1.29, 1.82) is 0 Å². The van der Waals surface area contributed by atoms with Crippen LogP contribution in [0.1, 0.15) is 66.2 Å². The van der Waals surface area contributed by atoms with Crippen molar-refractivity contribution >= 4 is 0 Å². The van der Waals surface area contributed by atoms with E-state index in [9.17, 15) is 5.11 Å². The van der Waals surface area contributed by atoms with E-state index in [2.05, 4.69) is 13.8 Å². The highest BCUT2D eigenvalue weighted by molar-refractivity contribution is 5.08. The van der Waals surface area contributed by atoms with Crippen molar-refractivity contribution in [3.8, 4) is 0 Å². The maximum absolute atomic E-state index is 10.5. The van der Waals surface area contributed by atoms with Crippen LogP contribution in [0.2, 0.25) is 0 Å². The molecule has 1 nitrogen and oxygen atoms in total. The lowest BCUT2D eigenvalue weighted by molar-refractivity contribution is -0.177. The third-order valence-corrected chi connectivity index (χ3v) is 5.30. The molecule has 0 amide bonds. The molecule has 0 aromatic heterocycles. The third-order valence-electron chi connectivity index (χ3n) is 5.30. The van der Waals surface area contributed by atoms with Crippen molar-refractivity contribution in [3.63, 3.8) is 0 Å². The molecule has 1 N–H and O–H groups in total. The van der Waals surface area contributed by atoms with Crippen molar-refractivity contribution < 1.29 is 5.11 Å². The smallest absolute Gasteiger partial charge is 0.0658 e. The topological polar surface area (TPSA) is 20.2 Å². The molecule has 0 aromatic rings. The normalized spacial score (nSPS) is 49.1. The molecule has 94 valence electrons. The zero-order valence-electron chi connectivity index (χ0n) is 11.4. The molecule has 4 saturated carbocycles. The van der Waals surface area contributed by atoms with E-state index < -0.39 is 0 Å². The Hall–Kier alpha value is -0.0400. The molecule has 2 unspecified atom stereocenters. The van der Waals surface area contributed by atoms with Crippen molar-refractivity contribution in [1.82, 2.24) is 0 Å². The van der Waals surface area contributed by atoms with Gasteiger partial charge in [0.2, 0.25) is 0 Å². The maximum atomic E-state index is 10.5. The quantitative estimate of drug-likeness (QED) is 0.714. The predicted octanol–water partition coefficient (Wildman–Crippen LogP) is 4.00. The molecular formula is C15H28O. The minimum atomic E-state index is -0.256. The summed E-state index contributed by atoms with van der Waals surface area (Å²) in [5, 5.41) is 10.5. The zero-order chi connectivity index (χ0) is 12.0. The molecule has 0 heterocycles. The second kappa shape index (κ2) is 4.01. The first-order chi connectivity index (χ1) is 7.51. The van der Waals surface area contributed by atoms with Crippen LogP contribution in [0.15, 0.2) is 0 Å². The van der Waals surface area contributed by atoms with Gasteiger partial charge in [-0.1, -0.05) is 27.7 Å². The molecule has 4 fully saturated rings. The fourth-order valence-corrected chi connectivity index (χ4v) is 4.96. The lowest BCUT2D eigenvalue weighted by Crippen LogP contribution is -2.57. The largest absolute Gasteiger partial charge is 0.390 e. The summed E-state index contributed by atoms with van der Waals surface area (Å²) in [6.45, 7) is 8.72. The van der Waals surface area contributed by atoms with Crippen LogP contribution in [0.3, 0.4) is 0 Å². The molecule has 0 aromatic carbocycles. The molecule has 4 bridgehead atoms. The van der Waals surface area contributed by atoms with E-state index in [0.29, 0.717) is 5.41 Å². The van der Waals surface area contributed by atoms with E-state index in [4.69, 9.17) is 0 Å². The summed E-state index contributed by atoms with van der Waals surface area (Å²) >= 11 is 0. The van der Waals surface area contributed by atoms with Gasteiger partial charge < -0.3 is 5.11 Å². The van der Waals surface area contributed by atoms with Gasteiger partial charge in [0, 0.05) is 0 Å². The van der Waals surface area contributed by atoms with Crippen LogP contribution in [0.4, 0.5) is 0 Å². The van der Waals surface area contributed by atoms with Crippen molar-refractivity contribution in [2.75, 3.05) is 0 Å². The van der Waals surface area contributed by atoms with Crippen LogP contribution in [0, 0.1) is 23.2 Å². The van der Waals surface area contributed by atoms with Crippen LogP contribution in [0.25, 0.3) is 0 Å². The molecule has 0 spiro atoms. The summed E-state index contributed by atoms with van der Waals surface area (Å²) in [5.41, 5.74) is 0.257. The summed E-state index contributed by atoms with van der Waals surface area (Å²) in [6, 6.07) is 0. The number of hydrogen-bond donors (Lipinski definition) is 1. The summed E-state index contributed by atoms with van der Waals surface area (Å²) in [4.78, 5) is 0. The van der Waals surface area contributed by atoms with Crippen molar-refractivity contribution in [2.24, 2.45) is 23.2 Å². The van der Waals surface area contributed by atoms with E-state index in [0.717, 1.165) is 37.0 Å². The highest BCUT2D eigenvalue weighted by atomic mass is 16.3. The van der Waals surface area contributed by atoms with Gasteiger partial charge in [0.1, 0.15) is 0 Å². The Bertz CT molecular complexity index is 242. The minimum absolute atomic E-state index is 0.256. The van der Waals surface area contributed by atoms with Crippen LogP contribution in [-0.2, 0) is 0 Å². The molecule has 2 atom stereocenters. The molecule has 16 heavy (non-hydrogen) atoms. The third kappa shape index (κ3) is 1.81. The highest BCUT2D eigenvalue weighted by Crippen LogP contribution is 2.63. The molecule has 0 saturated heterocycles. The van der Waals surface area contributed by atoms with Gasteiger partial charge >= 0.3 is 0 Å². The van der Waals surface area contributed by atoms with Gasteiger partial charge in [0.05, 0.1) is 5.60 Å². The van der Waals surface area contributed by atoms with E-state index >= 15 is 0 Å². The number of aliphatic hydroxyl groups is 1. The first-order valence-corrected chi connectivity index (χ1v) is 7.24. The predicted molar refractivity (Wildman–Crippen MR) is 68.3 cm³/mol. The van der Waals surface area contributed by atoms with E-state index in [-0.39, 0.29) is 5.60 Å². The first-order valence-electron chi connectivity index (χ1n) is 7.24. The molecular weight excluding hydrogens is 196 g/mol. The van der Waals surface area contributed by atoms with Crippen molar-refractivity contribution in [3.05, 3.63) is 0 Å². The maximum Gasteiger partial charge on any atom is 0.0658 e. The average molecular weight is 224 g/mol. The summed E-state index contributed by atoms with van der Waals surface area (Å²) in [6.07, 6.45) is 7.55. The fourth-order valence-electron chi connectivity index (χ4n) is 4.96. The Kier molecular flexibility index (Phi) is 3.11. The van der Waals surface area contributed by atoms with E-state index in [1.807, 2.05) is 13.8 Å². The van der Waals surface area contributed by atoms with E-state index in [1.165, 1.54) is 19.3 Å². The fraction of sp³-hybridized carbons (Fsp3) is 1.00. The zero-order valence-corrected chi connectivity index (χ0v) is 11.4. The Morgan fingerprint density at radius 1 is 1.00 bits per heavy atom. The Morgan fingerprint density at radius 3 is 1.88 bits per heavy atom. The second-order valence-electron chi connectivity index (χ2n) is 6.70. The molecule has 4 rings (SSSR count). The molecule has 0 radical (unpaired) electrons. The monoisotopic (exact) mass is 224 g/mol. The molecule has 4 aliphatic carbocycles. The van der Waals surface area contributed by atoms with Gasteiger partial charge in [0.25, 0.3) is 0 Å². The SMILES string of the molecule is CC.CC(C)C12CC3CC(CC(O)(C3)C1)C2.